The Morgan fingerprint density at radius 2 is 2.03 bits per heavy atom. The normalized spacial score (nSPS) is 17.0. The standard InChI is InChI=1S/C21H24N8/c1-27(2)16-6-7-29(12-16)20-9-19(22-13-23-20)21-17-8-14(4-5-18(17)25-26-21)15-10-24-28(3)11-15/h4-5,8-11,13,16H,6-7,12H2,1-3H3,(H,25,26)/t16-/m0/s1. The lowest BCUT2D eigenvalue weighted by Crippen LogP contribution is -2.31. The van der Waals surface area contributed by atoms with Crippen LogP contribution in [0.25, 0.3) is 33.4 Å². The first-order valence-corrected chi connectivity index (χ1v) is 9.79. The van der Waals surface area contributed by atoms with Gasteiger partial charge in [0.05, 0.1) is 17.4 Å². The van der Waals surface area contributed by atoms with Crippen molar-refractivity contribution in [3.63, 3.8) is 0 Å². The fourth-order valence-corrected chi connectivity index (χ4v) is 3.98. The van der Waals surface area contributed by atoms with Crippen molar-refractivity contribution in [3.8, 4) is 22.5 Å². The topological polar surface area (TPSA) is 78.8 Å². The van der Waals surface area contributed by atoms with Gasteiger partial charge in [-0.2, -0.15) is 10.2 Å². The third-order valence-corrected chi connectivity index (χ3v) is 5.71. The molecular weight excluding hydrogens is 364 g/mol. The van der Waals surface area contributed by atoms with E-state index in [9.17, 15) is 0 Å². The fourth-order valence-electron chi connectivity index (χ4n) is 3.98. The van der Waals surface area contributed by atoms with Crippen LogP contribution in [-0.2, 0) is 7.05 Å². The minimum Gasteiger partial charge on any atom is -0.355 e. The van der Waals surface area contributed by atoms with E-state index >= 15 is 0 Å². The molecule has 1 saturated heterocycles. The molecule has 0 bridgehead atoms. The molecule has 0 saturated carbocycles. The van der Waals surface area contributed by atoms with Crippen molar-refractivity contribution in [2.45, 2.75) is 12.5 Å². The van der Waals surface area contributed by atoms with Gasteiger partial charge in [-0.15, -0.1) is 0 Å². The Morgan fingerprint density at radius 1 is 1.14 bits per heavy atom. The van der Waals surface area contributed by atoms with Crippen LogP contribution < -0.4 is 4.90 Å². The second-order valence-corrected chi connectivity index (χ2v) is 7.85. The summed E-state index contributed by atoms with van der Waals surface area (Å²) in [5.74, 6) is 0.957. The third kappa shape index (κ3) is 3.25. The number of nitrogens with zero attached hydrogens (tertiary/aromatic N) is 7. The van der Waals surface area contributed by atoms with Crippen LogP contribution >= 0.6 is 0 Å². The zero-order valence-corrected chi connectivity index (χ0v) is 16.9. The highest BCUT2D eigenvalue weighted by Gasteiger charge is 2.25. The van der Waals surface area contributed by atoms with Crippen molar-refractivity contribution >= 4 is 16.7 Å². The Morgan fingerprint density at radius 3 is 2.79 bits per heavy atom. The average molecular weight is 388 g/mol. The van der Waals surface area contributed by atoms with Crippen LogP contribution in [0.15, 0.2) is 43.0 Å². The molecule has 3 aromatic heterocycles. The number of H-pyrrole nitrogens is 1. The summed E-state index contributed by atoms with van der Waals surface area (Å²) in [5, 5.41) is 13.0. The molecular formula is C21H24N8. The SMILES string of the molecule is CN(C)[C@H]1CCN(c2cc(-c3n[nH]c4ccc(-c5cnn(C)c5)cc34)ncn2)C1. The summed E-state index contributed by atoms with van der Waals surface area (Å²) in [6.45, 7) is 1.99. The maximum Gasteiger partial charge on any atom is 0.132 e. The van der Waals surface area contributed by atoms with Gasteiger partial charge in [0, 0.05) is 49.4 Å². The molecule has 29 heavy (non-hydrogen) atoms. The van der Waals surface area contributed by atoms with Crippen molar-refractivity contribution < 1.29 is 0 Å². The number of aromatic nitrogens is 6. The molecule has 1 aliphatic heterocycles. The summed E-state index contributed by atoms with van der Waals surface area (Å²) >= 11 is 0. The zero-order chi connectivity index (χ0) is 20.0. The van der Waals surface area contributed by atoms with E-state index in [0.29, 0.717) is 6.04 Å². The quantitative estimate of drug-likeness (QED) is 0.579. The number of aromatic amines is 1. The van der Waals surface area contributed by atoms with E-state index in [1.165, 1.54) is 0 Å². The molecule has 1 fully saturated rings. The van der Waals surface area contributed by atoms with Crippen LogP contribution in [-0.4, -0.2) is 68.1 Å². The minimum atomic E-state index is 0.557. The first-order valence-electron chi connectivity index (χ1n) is 9.79. The molecule has 0 radical (unpaired) electrons. The fraction of sp³-hybridized carbons (Fsp3) is 0.333. The molecule has 4 aromatic rings. The Bertz CT molecular complexity index is 1160. The van der Waals surface area contributed by atoms with Gasteiger partial charge in [-0.25, -0.2) is 9.97 Å². The number of likely N-dealkylation sites (N-methyl/N-ethyl adjacent to an activating group) is 1. The van der Waals surface area contributed by atoms with Crippen molar-refractivity contribution in [1.82, 2.24) is 34.8 Å². The minimum absolute atomic E-state index is 0.557. The molecule has 0 amide bonds. The molecule has 1 atom stereocenters. The molecule has 148 valence electrons. The van der Waals surface area contributed by atoms with Crippen molar-refractivity contribution in [3.05, 3.63) is 43.0 Å². The number of rotatable bonds is 4. The van der Waals surface area contributed by atoms with E-state index in [2.05, 4.69) is 67.4 Å². The Kier molecular flexibility index (Phi) is 4.28. The van der Waals surface area contributed by atoms with E-state index in [4.69, 9.17) is 0 Å². The monoisotopic (exact) mass is 388 g/mol. The molecule has 5 rings (SSSR count). The second-order valence-electron chi connectivity index (χ2n) is 7.85. The first kappa shape index (κ1) is 17.8. The smallest absolute Gasteiger partial charge is 0.132 e. The summed E-state index contributed by atoms with van der Waals surface area (Å²) in [5.41, 5.74) is 4.85. The number of fused-ring (bicyclic) bond motifs is 1. The molecule has 1 N–H and O–H groups in total. The Balaban J connectivity index is 1.51. The summed E-state index contributed by atoms with van der Waals surface area (Å²) in [4.78, 5) is 13.6. The van der Waals surface area contributed by atoms with Crippen LogP contribution in [0.1, 0.15) is 6.42 Å². The van der Waals surface area contributed by atoms with Crippen LogP contribution in [0.3, 0.4) is 0 Å². The Hall–Kier alpha value is -3.26. The lowest BCUT2D eigenvalue weighted by Gasteiger charge is -2.21. The highest BCUT2D eigenvalue weighted by molar-refractivity contribution is 5.95. The number of benzene rings is 1. The summed E-state index contributed by atoms with van der Waals surface area (Å²) < 4.78 is 1.81. The second kappa shape index (κ2) is 6.97. The first-order chi connectivity index (χ1) is 14.1. The van der Waals surface area contributed by atoms with Crippen molar-refractivity contribution in [2.24, 2.45) is 7.05 Å². The number of hydrogen-bond acceptors (Lipinski definition) is 6. The van der Waals surface area contributed by atoms with E-state index in [0.717, 1.165) is 58.7 Å². The van der Waals surface area contributed by atoms with Crippen LogP contribution in [0.4, 0.5) is 5.82 Å². The van der Waals surface area contributed by atoms with E-state index < -0.39 is 0 Å². The predicted octanol–water partition coefficient (Wildman–Crippen LogP) is 2.56. The lowest BCUT2D eigenvalue weighted by atomic mass is 10.1. The molecule has 8 heteroatoms. The predicted molar refractivity (Wildman–Crippen MR) is 114 cm³/mol. The highest BCUT2D eigenvalue weighted by atomic mass is 15.3. The van der Waals surface area contributed by atoms with Crippen LogP contribution in [0.5, 0.6) is 0 Å². The van der Waals surface area contributed by atoms with Gasteiger partial charge in [0.15, 0.2) is 0 Å². The lowest BCUT2D eigenvalue weighted by molar-refractivity contribution is 0.315. The van der Waals surface area contributed by atoms with E-state index in [-0.39, 0.29) is 0 Å². The van der Waals surface area contributed by atoms with Gasteiger partial charge in [-0.3, -0.25) is 9.78 Å². The number of anilines is 1. The number of hydrogen-bond donors (Lipinski definition) is 1. The highest BCUT2D eigenvalue weighted by Crippen LogP contribution is 2.31. The molecule has 0 spiro atoms. The largest absolute Gasteiger partial charge is 0.355 e. The van der Waals surface area contributed by atoms with Gasteiger partial charge in [0.2, 0.25) is 0 Å². The molecule has 1 aromatic carbocycles. The van der Waals surface area contributed by atoms with Gasteiger partial charge in [0.25, 0.3) is 0 Å². The van der Waals surface area contributed by atoms with Gasteiger partial charge in [-0.05, 0) is 38.2 Å². The summed E-state index contributed by atoms with van der Waals surface area (Å²) in [6, 6.07) is 8.88. The van der Waals surface area contributed by atoms with Gasteiger partial charge in [0.1, 0.15) is 17.8 Å². The molecule has 4 heterocycles. The number of aryl methyl sites for hydroxylation is 1. The van der Waals surface area contributed by atoms with Gasteiger partial charge < -0.3 is 9.80 Å². The summed E-state index contributed by atoms with van der Waals surface area (Å²) in [7, 11) is 6.19. The maximum atomic E-state index is 4.55. The molecule has 1 aliphatic rings. The van der Waals surface area contributed by atoms with Crippen molar-refractivity contribution in [2.75, 3.05) is 32.1 Å². The maximum absolute atomic E-state index is 4.55. The molecule has 0 unspecified atom stereocenters. The van der Waals surface area contributed by atoms with E-state index in [1.54, 1.807) is 6.33 Å². The van der Waals surface area contributed by atoms with E-state index in [1.807, 2.05) is 30.2 Å². The van der Waals surface area contributed by atoms with Gasteiger partial charge in [-0.1, -0.05) is 6.07 Å². The van der Waals surface area contributed by atoms with Gasteiger partial charge >= 0.3 is 0 Å². The third-order valence-electron chi connectivity index (χ3n) is 5.71. The summed E-state index contributed by atoms with van der Waals surface area (Å²) in [6.07, 6.45) is 6.67. The Labute approximate surface area is 169 Å². The van der Waals surface area contributed by atoms with Crippen molar-refractivity contribution in [1.29, 1.82) is 0 Å². The van der Waals surface area contributed by atoms with Crippen LogP contribution in [0, 0.1) is 0 Å². The molecule has 0 aliphatic carbocycles. The molecule has 8 nitrogen and oxygen atoms in total. The average Bonchev–Trinajstić information content (AvgIpc) is 3.47. The van der Waals surface area contributed by atoms with Crippen LogP contribution in [0.2, 0.25) is 0 Å². The number of nitrogens with one attached hydrogen (secondary N) is 1. The zero-order valence-electron chi connectivity index (χ0n) is 16.9.